The van der Waals surface area contributed by atoms with Gasteiger partial charge in [-0.05, 0) is 51.6 Å². The molecule has 0 spiro atoms. The second-order valence-corrected chi connectivity index (χ2v) is 6.94. The number of aromatic nitrogens is 2. The van der Waals surface area contributed by atoms with E-state index in [4.69, 9.17) is 0 Å². The second-order valence-electron chi connectivity index (χ2n) is 6.94. The molecule has 0 radical (unpaired) electrons. The molecule has 1 atom stereocenters. The maximum absolute atomic E-state index is 4.47. The van der Waals surface area contributed by atoms with E-state index >= 15 is 0 Å². The molecule has 0 aromatic carbocycles. The van der Waals surface area contributed by atoms with E-state index in [0.29, 0.717) is 0 Å². The molecule has 5 heteroatoms. The van der Waals surface area contributed by atoms with Crippen LogP contribution in [0.4, 0.5) is 11.6 Å². The van der Waals surface area contributed by atoms with Crippen LogP contribution in [0.15, 0.2) is 12.4 Å². The van der Waals surface area contributed by atoms with Crippen LogP contribution in [0.2, 0.25) is 0 Å². The number of likely N-dealkylation sites (tertiary alicyclic amines) is 1. The van der Waals surface area contributed by atoms with E-state index in [2.05, 4.69) is 32.8 Å². The van der Waals surface area contributed by atoms with Crippen LogP contribution >= 0.6 is 0 Å². The highest BCUT2D eigenvalue weighted by atomic mass is 15.2. The van der Waals surface area contributed by atoms with Crippen molar-refractivity contribution in [3.05, 3.63) is 12.4 Å². The maximum Gasteiger partial charge on any atom is 0.134 e. The minimum absolute atomic E-state index is 0.743. The summed E-state index contributed by atoms with van der Waals surface area (Å²) in [6.45, 7) is 7.28. The number of anilines is 2. The SMILES string of the molecule is C[C@@H](C1CCN(c2cc(N(C)C)ncn2)CC1)N1CCCC1. The second kappa shape index (κ2) is 6.82. The minimum atomic E-state index is 0.743. The Morgan fingerprint density at radius 2 is 1.77 bits per heavy atom. The van der Waals surface area contributed by atoms with Gasteiger partial charge in [-0.2, -0.15) is 0 Å². The van der Waals surface area contributed by atoms with Gasteiger partial charge in [0.2, 0.25) is 0 Å². The van der Waals surface area contributed by atoms with E-state index in [1.165, 1.54) is 38.8 Å². The Hall–Kier alpha value is -1.36. The minimum Gasteiger partial charge on any atom is -0.363 e. The normalized spacial score (nSPS) is 22.0. The summed E-state index contributed by atoms with van der Waals surface area (Å²) in [5, 5.41) is 0. The van der Waals surface area contributed by atoms with Crippen molar-refractivity contribution >= 4 is 11.6 Å². The highest BCUT2D eigenvalue weighted by Gasteiger charge is 2.29. The summed E-state index contributed by atoms with van der Waals surface area (Å²) >= 11 is 0. The molecule has 0 aliphatic carbocycles. The molecule has 3 rings (SSSR count). The van der Waals surface area contributed by atoms with Gasteiger partial charge < -0.3 is 14.7 Å². The maximum atomic E-state index is 4.47. The van der Waals surface area contributed by atoms with E-state index in [1.807, 2.05) is 19.0 Å². The topological polar surface area (TPSA) is 35.5 Å². The monoisotopic (exact) mass is 303 g/mol. The molecule has 2 aliphatic rings. The lowest BCUT2D eigenvalue weighted by Crippen LogP contribution is -2.43. The molecule has 3 heterocycles. The number of rotatable bonds is 4. The molecule has 122 valence electrons. The summed E-state index contributed by atoms with van der Waals surface area (Å²) in [7, 11) is 4.05. The molecule has 0 N–H and O–H groups in total. The Bertz CT molecular complexity index is 476. The van der Waals surface area contributed by atoms with Gasteiger partial charge in [-0.1, -0.05) is 0 Å². The van der Waals surface area contributed by atoms with Gasteiger partial charge >= 0.3 is 0 Å². The van der Waals surface area contributed by atoms with Crippen molar-refractivity contribution in [1.29, 1.82) is 0 Å². The molecule has 2 saturated heterocycles. The molecule has 2 aliphatic heterocycles. The zero-order valence-electron chi connectivity index (χ0n) is 14.2. The van der Waals surface area contributed by atoms with Crippen LogP contribution in [-0.4, -0.2) is 61.2 Å². The Balaban J connectivity index is 1.58. The van der Waals surface area contributed by atoms with Gasteiger partial charge in [0.1, 0.15) is 18.0 Å². The summed E-state index contributed by atoms with van der Waals surface area (Å²) in [5.74, 6) is 2.90. The molecule has 0 bridgehead atoms. The number of hydrogen-bond acceptors (Lipinski definition) is 5. The van der Waals surface area contributed by atoms with Crippen molar-refractivity contribution in [2.45, 2.75) is 38.6 Å². The van der Waals surface area contributed by atoms with Crippen LogP contribution in [-0.2, 0) is 0 Å². The zero-order chi connectivity index (χ0) is 15.5. The first kappa shape index (κ1) is 15.5. The summed E-state index contributed by atoms with van der Waals surface area (Å²) in [4.78, 5) is 15.9. The Morgan fingerprint density at radius 3 is 2.41 bits per heavy atom. The number of nitrogens with zero attached hydrogens (tertiary/aromatic N) is 5. The standard InChI is InChI=1S/C17H29N5/c1-14(21-8-4-5-9-21)15-6-10-22(11-7-15)17-12-16(20(2)3)18-13-19-17/h12-15H,4-11H2,1-3H3/t14-/m0/s1. The van der Waals surface area contributed by atoms with Gasteiger partial charge in [-0.3, -0.25) is 0 Å². The Morgan fingerprint density at radius 1 is 1.09 bits per heavy atom. The number of hydrogen-bond donors (Lipinski definition) is 0. The van der Waals surface area contributed by atoms with Crippen molar-refractivity contribution in [2.24, 2.45) is 5.92 Å². The first-order chi connectivity index (χ1) is 10.6. The third-order valence-corrected chi connectivity index (χ3v) is 5.36. The highest BCUT2D eigenvalue weighted by Crippen LogP contribution is 2.28. The van der Waals surface area contributed by atoms with Crippen LogP contribution in [0, 0.1) is 5.92 Å². The van der Waals surface area contributed by atoms with Crippen LogP contribution in [0.5, 0.6) is 0 Å². The van der Waals surface area contributed by atoms with Gasteiger partial charge in [0, 0.05) is 39.3 Å². The Kier molecular flexibility index (Phi) is 4.81. The smallest absolute Gasteiger partial charge is 0.134 e. The lowest BCUT2D eigenvalue weighted by atomic mass is 9.89. The van der Waals surface area contributed by atoms with Crippen LogP contribution in [0.1, 0.15) is 32.6 Å². The van der Waals surface area contributed by atoms with E-state index < -0.39 is 0 Å². The van der Waals surface area contributed by atoms with Crippen molar-refractivity contribution in [2.75, 3.05) is 50.1 Å². The van der Waals surface area contributed by atoms with Gasteiger partial charge in [-0.15, -0.1) is 0 Å². The van der Waals surface area contributed by atoms with E-state index in [1.54, 1.807) is 6.33 Å². The van der Waals surface area contributed by atoms with Crippen LogP contribution < -0.4 is 9.80 Å². The average molecular weight is 303 g/mol. The third kappa shape index (κ3) is 3.35. The lowest BCUT2D eigenvalue weighted by molar-refractivity contribution is 0.167. The molecule has 22 heavy (non-hydrogen) atoms. The Labute approximate surface area is 134 Å². The molecule has 2 fully saturated rings. The molecule has 1 aromatic rings. The predicted octanol–water partition coefficient (Wildman–Crippen LogP) is 2.24. The summed E-state index contributed by atoms with van der Waals surface area (Å²) in [6.07, 6.45) is 7.01. The molecular formula is C17H29N5. The van der Waals surface area contributed by atoms with Gasteiger partial charge in [-0.25, -0.2) is 9.97 Å². The fourth-order valence-electron chi connectivity index (χ4n) is 3.81. The number of piperidine rings is 1. The first-order valence-electron chi connectivity index (χ1n) is 8.63. The summed E-state index contributed by atoms with van der Waals surface area (Å²) in [6, 6.07) is 2.84. The third-order valence-electron chi connectivity index (χ3n) is 5.36. The van der Waals surface area contributed by atoms with Crippen LogP contribution in [0.3, 0.4) is 0 Å². The van der Waals surface area contributed by atoms with E-state index in [0.717, 1.165) is 36.7 Å². The fraction of sp³-hybridized carbons (Fsp3) is 0.765. The average Bonchev–Trinajstić information content (AvgIpc) is 3.09. The molecular weight excluding hydrogens is 274 g/mol. The molecule has 0 amide bonds. The van der Waals surface area contributed by atoms with Gasteiger partial charge in [0.25, 0.3) is 0 Å². The summed E-state index contributed by atoms with van der Waals surface area (Å²) in [5.41, 5.74) is 0. The molecule has 0 saturated carbocycles. The molecule has 1 aromatic heterocycles. The van der Waals surface area contributed by atoms with Crippen molar-refractivity contribution in [1.82, 2.24) is 14.9 Å². The van der Waals surface area contributed by atoms with Crippen molar-refractivity contribution in [3.63, 3.8) is 0 Å². The summed E-state index contributed by atoms with van der Waals surface area (Å²) < 4.78 is 0. The lowest BCUT2D eigenvalue weighted by Gasteiger charge is -2.38. The fourth-order valence-corrected chi connectivity index (χ4v) is 3.81. The van der Waals surface area contributed by atoms with Crippen LogP contribution in [0.25, 0.3) is 0 Å². The predicted molar refractivity (Wildman–Crippen MR) is 91.6 cm³/mol. The largest absolute Gasteiger partial charge is 0.363 e. The van der Waals surface area contributed by atoms with E-state index in [9.17, 15) is 0 Å². The van der Waals surface area contributed by atoms with Gasteiger partial charge in [0.15, 0.2) is 0 Å². The molecule has 5 nitrogen and oxygen atoms in total. The van der Waals surface area contributed by atoms with Gasteiger partial charge in [0.05, 0.1) is 0 Å². The first-order valence-corrected chi connectivity index (χ1v) is 8.63. The highest BCUT2D eigenvalue weighted by molar-refractivity contribution is 5.49. The molecule has 0 unspecified atom stereocenters. The quantitative estimate of drug-likeness (QED) is 0.852. The van der Waals surface area contributed by atoms with Crippen molar-refractivity contribution in [3.8, 4) is 0 Å². The van der Waals surface area contributed by atoms with E-state index in [-0.39, 0.29) is 0 Å². The zero-order valence-corrected chi connectivity index (χ0v) is 14.2. The van der Waals surface area contributed by atoms with Crippen molar-refractivity contribution < 1.29 is 0 Å².